The fraction of sp³-hybridized carbons (Fsp3) is 0.439. The number of ketones is 1. The van der Waals surface area contributed by atoms with Gasteiger partial charge in [0.1, 0.15) is 12.3 Å². The zero-order valence-electron chi connectivity index (χ0n) is 29.7. The van der Waals surface area contributed by atoms with Gasteiger partial charge in [0.15, 0.2) is 5.78 Å². The van der Waals surface area contributed by atoms with E-state index in [0.29, 0.717) is 42.9 Å². The van der Waals surface area contributed by atoms with E-state index in [-0.39, 0.29) is 41.9 Å². The molecule has 0 spiro atoms. The second-order valence-electron chi connectivity index (χ2n) is 13.5. The monoisotopic (exact) mass is 708 g/mol. The highest BCUT2D eigenvalue weighted by molar-refractivity contribution is 7.17. The number of Topliss-reactive ketones (excluding diaryl/α,β-unsaturated/α-hetero) is 1. The molecular formula is C41H48N4O5S. The van der Waals surface area contributed by atoms with Gasteiger partial charge in [-0.2, -0.15) is 5.26 Å². The molecule has 9 nitrogen and oxygen atoms in total. The van der Waals surface area contributed by atoms with Crippen LogP contribution in [-0.4, -0.2) is 41.2 Å². The Hall–Kier alpha value is -4.75. The number of rotatable bonds is 17. The summed E-state index contributed by atoms with van der Waals surface area (Å²) >= 11 is 1.58. The minimum atomic E-state index is -0.273. The second kappa shape index (κ2) is 18.5. The van der Waals surface area contributed by atoms with E-state index in [0.717, 1.165) is 79.3 Å². The molecule has 4 aromatic rings. The van der Waals surface area contributed by atoms with Crippen LogP contribution in [0.4, 0.5) is 5.69 Å². The van der Waals surface area contributed by atoms with Crippen molar-refractivity contribution in [1.82, 2.24) is 9.88 Å². The van der Waals surface area contributed by atoms with Gasteiger partial charge in [-0.15, -0.1) is 11.3 Å². The van der Waals surface area contributed by atoms with Gasteiger partial charge in [0.2, 0.25) is 11.8 Å². The van der Waals surface area contributed by atoms with E-state index in [2.05, 4.69) is 5.32 Å². The Bertz CT molecular complexity index is 1850. The molecule has 268 valence electrons. The molecule has 1 aliphatic rings. The lowest BCUT2D eigenvalue weighted by Crippen LogP contribution is -2.35. The van der Waals surface area contributed by atoms with Crippen LogP contribution in [0.5, 0.6) is 5.75 Å². The lowest BCUT2D eigenvalue weighted by molar-refractivity contribution is -0.134. The third kappa shape index (κ3) is 10.4. The van der Waals surface area contributed by atoms with E-state index in [4.69, 9.17) is 10.00 Å². The molecule has 2 amide bonds. The van der Waals surface area contributed by atoms with Gasteiger partial charge in [0, 0.05) is 37.5 Å². The quantitative estimate of drug-likeness (QED) is 0.0509. The number of hydrogen-bond acceptors (Lipinski definition) is 7. The van der Waals surface area contributed by atoms with Gasteiger partial charge in [-0.3, -0.25) is 19.2 Å². The molecule has 51 heavy (non-hydrogen) atoms. The van der Waals surface area contributed by atoms with Crippen LogP contribution < -0.4 is 15.0 Å². The van der Waals surface area contributed by atoms with Crippen LogP contribution in [0.2, 0.25) is 0 Å². The first-order chi connectivity index (χ1) is 24.7. The van der Waals surface area contributed by atoms with Gasteiger partial charge in [-0.05, 0) is 118 Å². The molecule has 0 aliphatic heterocycles. The lowest BCUT2D eigenvalue weighted by atomic mass is 9.79. The van der Waals surface area contributed by atoms with Crippen molar-refractivity contribution >= 4 is 50.8 Å². The molecular weight excluding hydrogens is 661 g/mol. The summed E-state index contributed by atoms with van der Waals surface area (Å²) in [5, 5.41) is 14.0. The summed E-state index contributed by atoms with van der Waals surface area (Å²) in [4.78, 5) is 54.0. The first-order valence-corrected chi connectivity index (χ1v) is 19.1. The third-order valence-corrected chi connectivity index (χ3v) is 10.6. The minimum absolute atomic E-state index is 0.0214. The molecule has 2 aromatic carbocycles. The Morgan fingerprint density at radius 2 is 1.71 bits per heavy atom. The number of nitrogens with one attached hydrogen (secondary N) is 1. The van der Waals surface area contributed by atoms with Gasteiger partial charge in [0.25, 0.3) is 0 Å². The number of likely N-dealkylation sites (N-methyl/N-ethyl adjacent to an activating group) is 1. The molecule has 0 saturated heterocycles. The van der Waals surface area contributed by atoms with Crippen molar-refractivity contribution in [2.45, 2.75) is 91.0 Å². The van der Waals surface area contributed by atoms with E-state index in [1.165, 1.54) is 0 Å². The number of aryl methyl sites for hydroxylation is 1. The summed E-state index contributed by atoms with van der Waals surface area (Å²) < 4.78 is 8.21. The van der Waals surface area contributed by atoms with Crippen molar-refractivity contribution < 1.29 is 23.9 Å². The molecule has 1 fully saturated rings. The van der Waals surface area contributed by atoms with Crippen LogP contribution >= 0.6 is 11.3 Å². The van der Waals surface area contributed by atoms with E-state index >= 15 is 0 Å². The number of carbonyl (C=O) groups is 4. The number of ether oxygens (including phenoxy) is 1. The normalized spacial score (nSPS) is 15.6. The van der Waals surface area contributed by atoms with E-state index in [1.807, 2.05) is 66.3 Å². The highest BCUT2D eigenvalue weighted by Crippen LogP contribution is 2.33. The predicted octanol–water partition coefficient (Wildman–Crippen LogP) is 8.38. The first-order valence-electron chi connectivity index (χ1n) is 18.2. The Balaban J connectivity index is 0.995. The maximum absolute atomic E-state index is 13.7. The van der Waals surface area contributed by atoms with Crippen LogP contribution in [0.3, 0.4) is 0 Å². The van der Waals surface area contributed by atoms with Crippen molar-refractivity contribution in [3.63, 3.8) is 0 Å². The van der Waals surface area contributed by atoms with Crippen molar-refractivity contribution in [2.24, 2.45) is 11.8 Å². The van der Waals surface area contributed by atoms with E-state index in [1.54, 1.807) is 40.5 Å². The number of hydrogen-bond donors (Lipinski definition) is 1. The maximum atomic E-state index is 13.7. The Kier molecular flexibility index (Phi) is 13.6. The van der Waals surface area contributed by atoms with Gasteiger partial charge < -0.3 is 19.5 Å². The Morgan fingerprint density at radius 1 is 0.961 bits per heavy atom. The van der Waals surface area contributed by atoms with Gasteiger partial charge in [-0.25, -0.2) is 0 Å². The zero-order valence-corrected chi connectivity index (χ0v) is 30.5. The van der Waals surface area contributed by atoms with E-state index < -0.39 is 0 Å². The standard InChI is InChI=1S/C41H48N4O5S/c1-3-44(33-11-9-10-29(2)24-33)39(47)28-45-35-21-23-51-38(35)26-36(45)37(46)25-30-13-17-32(18-14-30)41(49)43-22-8-6-4-5-7-12-40(48)50-34-19-15-31(27-42)16-20-34/h9-11,15-16,19-21,23-24,26,30,32H,3-8,12-14,17-18,22,25,28H2,1-2H3,(H,43,49). The number of carbonyl (C=O) groups excluding carboxylic acids is 4. The number of esters is 1. The van der Waals surface area contributed by atoms with E-state index in [9.17, 15) is 19.2 Å². The van der Waals surface area contributed by atoms with Crippen LogP contribution in [0.15, 0.2) is 66.0 Å². The summed E-state index contributed by atoms with van der Waals surface area (Å²) in [6.07, 6.45) is 8.52. The third-order valence-electron chi connectivity index (χ3n) is 9.80. The topological polar surface area (TPSA) is 122 Å². The van der Waals surface area contributed by atoms with Gasteiger partial charge >= 0.3 is 5.97 Å². The van der Waals surface area contributed by atoms with Crippen LogP contribution in [0, 0.1) is 30.1 Å². The Morgan fingerprint density at radius 3 is 2.43 bits per heavy atom. The zero-order chi connectivity index (χ0) is 36.2. The van der Waals surface area contributed by atoms with Crippen molar-refractivity contribution in [1.29, 1.82) is 5.26 Å². The number of amides is 2. The molecule has 2 aromatic heterocycles. The van der Waals surface area contributed by atoms with Crippen molar-refractivity contribution in [2.75, 3.05) is 18.0 Å². The smallest absolute Gasteiger partial charge is 0.311 e. The van der Waals surface area contributed by atoms with Gasteiger partial charge in [0.05, 0.1) is 27.5 Å². The summed E-state index contributed by atoms with van der Waals surface area (Å²) in [5.41, 5.74) is 3.98. The number of nitriles is 1. The highest BCUT2D eigenvalue weighted by atomic mass is 32.1. The maximum Gasteiger partial charge on any atom is 0.311 e. The van der Waals surface area contributed by atoms with Gasteiger partial charge in [-0.1, -0.05) is 31.4 Å². The van der Waals surface area contributed by atoms with Crippen molar-refractivity contribution in [3.8, 4) is 11.8 Å². The largest absolute Gasteiger partial charge is 0.427 e. The van der Waals surface area contributed by atoms with Crippen LogP contribution in [0.25, 0.3) is 10.2 Å². The SMILES string of the molecule is CCN(C(=O)Cn1c(C(=O)CC2CCC(C(=O)NCCCCCCCC(=O)Oc3ccc(C#N)cc3)CC2)cc2sccc21)c1cccc(C)c1. The molecule has 10 heteroatoms. The molecule has 5 rings (SSSR count). The molecule has 0 bridgehead atoms. The average Bonchev–Trinajstić information content (AvgIpc) is 3.73. The molecule has 1 aliphatic carbocycles. The molecule has 0 unspecified atom stereocenters. The minimum Gasteiger partial charge on any atom is -0.427 e. The predicted molar refractivity (Wildman–Crippen MR) is 201 cm³/mol. The second-order valence-corrected chi connectivity index (χ2v) is 14.5. The molecule has 2 heterocycles. The fourth-order valence-electron chi connectivity index (χ4n) is 6.95. The number of unbranched alkanes of at least 4 members (excludes halogenated alkanes) is 4. The van der Waals surface area contributed by atoms with Crippen LogP contribution in [-0.2, 0) is 20.9 Å². The number of benzene rings is 2. The molecule has 0 radical (unpaired) electrons. The molecule has 1 saturated carbocycles. The van der Waals surface area contributed by atoms with Crippen molar-refractivity contribution in [3.05, 3.63) is 82.9 Å². The summed E-state index contributed by atoms with van der Waals surface area (Å²) in [5.74, 6) is 0.487. The first kappa shape index (κ1) is 37.5. The number of thiophene rings is 1. The number of nitrogens with zero attached hydrogens (tertiary/aromatic N) is 3. The van der Waals surface area contributed by atoms with Crippen LogP contribution in [0.1, 0.15) is 99.2 Å². The average molecular weight is 709 g/mol. The molecule has 0 atom stereocenters. The molecule has 1 N–H and O–H groups in total. The summed E-state index contributed by atoms with van der Waals surface area (Å²) in [6.45, 7) is 5.26. The summed E-state index contributed by atoms with van der Waals surface area (Å²) in [6, 6.07) is 20.4. The Labute approximate surface area is 304 Å². The number of fused-ring (bicyclic) bond motifs is 1. The lowest BCUT2D eigenvalue weighted by Gasteiger charge is -2.27. The fourth-order valence-corrected chi connectivity index (χ4v) is 7.78. The number of anilines is 1. The number of aromatic nitrogens is 1. The summed E-state index contributed by atoms with van der Waals surface area (Å²) in [7, 11) is 0. The highest BCUT2D eigenvalue weighted by Gasteiger charge is 2.29.